The van der Waals surface area contributed by atoms with Gasteiger partial charge in [-0.1, -0.05) is 0 Å². The molecular weight excluding hydrogens is 200 g/mol. The summed E-state index contributed by atoms with van der Waals surface area (Å²) in [5, 5.41) is 0. The van der Waals surface area contributed by atoms with Gasteiger partial charge in [-0.15, -0.1) is 0 Å². The van der Waals surface area contributed by atoms with Gasteiger partial charge < -0.3 is 14.2 Å². The van der Waals surface area contributed by atoms with E-state index in [2.05, 4.69) is 0 Å². The third-order valence-corrected chi connectivity index (χ3v) is 3.73. The average Bonchev–Trinajstić information content (AvgIpc) is 2.62. The smallest absolute Gasteiger partial charge is 0.0866 e. The van der Waals surface area contributed by atoms with Gasteiger partial charge in [0, 0.05) is 30.6 Å². The zero-order valence-electron chi connectivity index (χ0n) is 8.44. The molecule has 0 saturated carbocycles. The Morgan fingerprint density at radius 2 is 1.93 bits per heavy atom. The fourth-order valence-corrected chi connectivity index (χ4v) is 2.78. The zero-order valence-corrected chi connectivity index (χ0v) is 9.26. The molecule has 14 heavy (non-hydrogen) atoms. The van der Waals surface area contributed by atoms with Crippen LogP contribution in [-0.4, -0.2) is 50.6 Å². The topological polar surface area (TPSA) is 27.7 Å². The molecule has 0 radical (unpaired) electrons. The summed E-state index contributed by atoms with van der Waals surface area (Å²) < 4.78 is 16.8. The van der Waals surface area contributed by atoms with Crippen LogP contribution in [0.3, 0.4) is 0 Å². The molecule has 4 heteroatoms. The molecule has 2 unspecified atom stereocenters. The summed E-state index contributed by atoms with van der Waals surface area (Å²) in [7, 11) is 0. The molecule has 2 aliphatic rings. The number of rotatable bonds is 1. The van der Waals surface area contributed by atoms with Crippen LogP contribution in [0.1, 0.15) is 6.42 Å². The highest BCUT2D eigenvalue weighted by Gasteiger charge is 2.25. The van der Waals surface area contributed by atoms with Gasteiger partial charge in [0.05, 0.1) is 25.9 Å². The molecule has 0 aromatic heterocycles. The standard InChI is InChI=1S/C10H18O3S/c1-2-11-7-10(13-3-1)9-6-12-4-5-14-8-9/h9-10H,1-8H2. The molecule has 2 atom stereocenters. The molecule has 0 amide bonds. The van der Waals surface area contributed by atoms with E-state index in [0.717, 1.165) is 51.0 Å². The second-order valence-corrected chi connectivity index (χ2v) is 4.90. The summed E-state index contributed by atoms with van der Waals surface area (Å²) in [5.41, 5.74) is 0. The summed E-state index contributed by atoms with van der Waals surface area (Å²) >= 11 is 1.96. The van der Waals surface area contributed by atoms with Gasteiger partial charge in [0.2, 0.25) is 0 Å². The van der Waals surface area contributed by atoms with Crippen LogP contribution in [0, 0.1) is 5.92 Å². The predicted molar refractivity (Wildman–Crippen MR) is 56.8 cm³/mol. The minimum absolute atomic E-state index is 0.253. The van der Waals surface area contributed by atoms with E-state index < -0.39 is 0 Å². The molecule has 0 aromatic carbocycles. The molecule has 0 aromatic rings. The van der Waals surface area contributed by atoms with E-state index in [1.54, 1.807) is 0 Å². The summed E-state index contributed by atoms with van der Waals surface area (Å²) in [6.07, 6.45) is 1.28. The van der Waals surface area contributed by atoms with Gasteiger partial charge in [-0.05, 0) is 6.42 Å². The van der Waals surface area contributed by atoms with Crippen molar-refractivity contribution in [3.63, 3.8) is 0 Å². The van der Waals surface area contributed by atoms with Crippen LogP contribution in [0.4, 0.5) is 0 Å². The van der Waals surface area contributed by atoms with Crippen LogP contribution in [0.5, 0.6) is 0 Å². The van der Waals surface area contributed by atoms with Crippen molar-refractivity contribution in [3.8, 4) is 0 Å². The lowest BCUT2D eigenvalue weighted by Crippen LogP contribution is -2.32. The second kappa shape index (κ2) is 5.95. The maximum atomic E-state index is 5.78. The van der Waals surface area contributed by atoms with Crippen molar-refractivity contribution in [1.29, 1.82) is 0 Å². The molecule has 3 nitrogen and oxygen atoms in total. The van der Waals surface area contributed by atoms with Crippen LogP contribution < -0.4 is 0 Å². The van der Waals surface area contributed by atoms with Crippen molar-refractivity contribution in [3.05, 3.63) is 0 Å². The van der Waals surface area contributed by atoms with E-state index >= 15 is 0 Å². The molecule has 2 rings (SSSR count). The van der Waals surface area contributed by atoms with Gasteiger partial charge in [-0.25, -0.2) is 0 Å². The largest absolute Gasteiger partial charge is 0.380 e. The maximum Gasteiger partial charge on any atom is 0.0866 e. The van der Waals surface area contributed by atoms with Crippen LogP contribution in [-0.2, 0) is 14.2 Å². The lowest BCUT2D eigenvalue weighted by molar-refractivity contribution is -0.0289. The third-order valence-electron chi connectivity index (χ3n) is 2.61. The first-order valence-electron chi connectivity index (χ1n) is 5.31. The zero-order chi connectivity index (χ0) is 9.64. The average molecular weight is 218 g/mol. The Bertz CT molecular complexity index is 131. The van der Waals surface area contributed by atoms with Gasteiger partial charge in [0.1, 0.15) is 0 Å². The lowest BCUT2D eigenvalue weighted by Gasteiger charge is -2.23. The van der Waals surface area contributed by atoms with Crippen LogP contribution in [0.15, 0.2) is 0 Å². The first-order valence-corrected chi connectivity index (χ1v) is 6.47. The number of thioether (sulfide) groups is 1. The minimum Gasteiger partial charge on any atom is -0.380 e. The molecule has 2 aliphatic heterocycles. The number of hydrogen-bond donors (Lipinski definition) is 0. The quantitative estimate of drug-likeness (QED) is 0.660. The first-order chi connectivity index (χ1) is 6.97. The molecule has 82 valence electrons. The lowest BCUT2D eigenvalue weighted by atomic mass is 10.1. The summed E-state index contributed by atoms with van der Waals surface area (Å²) in [4.78, 5) is 0. The summed E-state index contributed by atoms with van der Waals surface area (Å²) in [6.45, 7) is 4.15. The molecule has 0 aliphatic carbocycles. The molecule has 0 spiro atoms. The highest BCUT2D eigenvalue weighted by molar-refractivity contribution is 7.99. The van der Waals surface area contributed by atoms with Crippen molar-refractivity contribution in [2.24, 2.45) is 5.92 Å². The van der Waals surface area contributed by atoms with E-state index in [9.17, 15) is 0 Å². The van der Waals surface area contributed by atoms with Crippen molar-refractivity contribution < 1.29 is 14.2 Å². The Morgan fingerprint density at radius 1 is 1.00 bits per heavy atom. The van der Waals surface area contributed by atoms with Crippen LogP contribution >= 0.6 is 11.8 Å². The van der Waals surface area contributed by atoms with Gasteiger partial charge in [0.15, 0.2) is 0 Å². The molecule has 2 fully saturated rings. The Kier molecular flexibility index (Phi) is 4.57. The van der Waals surface area contributed by atoms with Gasteiger partial charge >= 0.3 is 0 Å². The Balaban J connectivity index is 1.83. The monoisotopic (exact) mass is 218 g/mol. The molecule has 2 saturated heterocycles. The molecule has 0 N–H and O–H groups in total. The fourth-order valence-electron chi connectivity index (χ4n) is 1.77. The van der Waals surface area contributed by atoms with Gasteiger partial charge in [-0.2, -0.15) is 11.8 Å². The Labute approximate surface area is 89.5 Å². The summed E-state index contributed by atoms with van der Waals surface area (Å²) in [6, 6.07) is 0. The van der Waals surface area contributed by atoms with E-state index in [1.165, 1.54) is 0 Å². The maximum absolute atomic E-state index is 5.78. The van der Waals surface area contributed by atoms with Crippen LogP contribution in [0.25, 0.3) is 0 Å². The minimum atomic E-state index is 0.253. The molecule has 2 heterocycles. The van der Waals surface area contributed by atoms with Gasteiger partial charge in [-0.3, -0.25) is 0 Å². The predicted octanol–water partition coefficient (Wildman–Crippen LogP) is 1.17. The SMILES string of the molecule is C1COCC(C2COCCSC2)OC1. The highest BCUT2D eigenvalue weighted by atomic mass is 32.2. The van der Waals surface area contributed by atoms with Crippen LogP contribution in [0.2, 0.25) is 0 Å². The van der Waals surface area contributed by atoms with E-state index in [1.807, 2.05) is 11.8 Å². The normalized spacial score (nSPS) is 36.0. The van der Waals surface area contributed by atoms with Crippen molar-refractivity contribution >= 4 is 11.8 Å². The summed E-state index contributed by atoms with van der Waals surface area (Å²) in [5.74, 6) is 2.78. The Hall–Kier alpha value is 0.230. The highest BCUT2D eigenvalue weighted by Crippen LogP contribution is 2.20. The number of hydrogen-bond acceptors (Lipinski definition) is 4. The Morgan fingerprint density at radius 3 is 2.93 bits per heavy atom. The fraction of sp³-hybridized carbons (Fsp3) is 1.00. The van der Waals surface area contributed by atoms with Gasteiger partial charge in [0.25, 0.3) is 0 Å². The third kappa shape index (κ3) is 3.12. The number of ether oxygens (including phenoxy) is 3. The van der Waals surface area contributed by atoms with Crippen molar-refractivity contribution in [2.45, 2.75) is 12.5 Å². The molecular formula is C10H18O3S. The van der Waals surface area contributed by atoms with E-state index in [-0.39, 0.29) is 6.10 Å². The van der Waals surface area contributed by atoms with Crippen molar-refractivity contribution in [2.75, 3.05) is 44.5 Å². The van der Waals surface area contributed by atoms with Crippen molar-refractivity contribution in [1.82, 2.24) is 0 Å². The first kappa shape index (κ1) is 10.7. The molecule has 0 bridgehead atoms. The van der Waals surface area contributed by atoms with E-state index in [0.29, 0.717) is 5.92 Å². The van der Waals surface area contributed by atoms with E-state index in [4.69, 9.17) is 14.2 Å². The second-order valence-electron chi connectivity index (χ2n) is 3.75.